The van der Waals surface area contributed by atoms with Crippen LogP contribution in [-0.2, 0) is 10.0 Å². The summed E-state index contributed by atoms with van der Waals surface area (Å²) < 4.78 is 61.1. The third kappa shape index (κ3) is 4.13. The summed E-state index contributed by atoms with van der Waals surface area (Å²) in [5.41, 5.74) is 2.22. The molecule has 0 atom stereocenters. The van der Waals surface area contributed by atoms with Crippen molar-refractivity contribution in [3.8, 4) is 22.8 Å². The molecule has 0 spiro atoms. The minimum Gasteiger partial charge on any atom is -0.455 e. The van der Waals surface area contributed by atoms with Crippen LogP contribution in [0.5, 0.6) is 11.5 Å². The third-order valence-corrected chi connectivity index (χ3v) is 6.15. The number of nitrogens with one attached hydrogen (secondary N) is 2. The van der Waals surface area contributed by atoms with Gasteiger partial charge in [-0.1, -0.05) is 11.6 Å². The van der Waals surface area contributed by atoms with Crippen molar-refractivity contribution in [1.82, 2.24) is 15.2 Å². The molecule has 154 valence electrons. The van der Waals surface area contributed by atoms with E-state index in [1.165, 1.54) is 40.6 Å². The summed E-state index contributed by atoms with van der Waals surface area (Å²) in [6, 6.07) is 7.09. The van der Waals surface area contributed by atoms with Crippen molar-refractivity contribution in [1.29, 1.82) is 0 Å². The Kier molecular flexibility index (Phi) is 5.41. The number of H-pyrrole nitrogens is 1. The van der Waals surface area contributed by atoms with E-state index in [2.05, 4.69) is 19.9 Å². The van der Waals surface area contributed by atoms with Crippen molar-refractivity contribution in [2.45, 2.75) is 4.90 Å². The molecule has 0 fully saturated rings. The molecule has 0 saturated heterocycles. The molecular formula is C18H11ClF2N4O3S2. The van der Waals surface area contributed by atoms with Gasteiger partial charge >= 0.3 is 0 Å². The topological polar surface area (TPSA) is 97.0 Å². The van der Waals surface area contributed by atoms with Gasteiger partial charge in [0.25, 0.3) is 10.0 Å². The van der Waals surface area contributed by atoms with Crippen molar-refractivity contribution < 1.29 is 21.9 Å². The van der Waals surface area contributed by atoms with Gasteiger partial charge in [-0.05, 0) is 30.3 Å². The maximum atomic E-state index is 14.6. The van der Waals surface area contributed by atoms with E-state index >= 15 is 0 Å². The number of thiazole rings is 1. The van der Waals surface area contributed by atoms with Gasteiger partial charge in [0.1, 0.15) is 28.0 Å². The maximum absolute atomic E-state index is 14.6. The van der Waals surface area contributed by atoms with Crippen LogP contribution in [0.25, 0.3) is 11.3 Å². The average molecular weight is 469 g/mol. The van der Waals surface area contributed by atoms with Crippen molar-refractivity contribution in [3.63, 3.8) is 0 Å². The van der Waals surface area contributed by atoms with Gasteiger partial charge in [0.15, 0.2) is 5.82 Å². The Morgan fingerprint density at radius 2 is 1.97 bits per heavy atom. The van der Waals surface area contributed by atoms with E-state index in [0.717, 1.165) is 18.2 Å². The molecule has 2 aromatic carbocycles. The van der Waals surface area contributed by atoms with Crippen molar-refractivity contribution >= 4 is 38.8 Å². The summed E-state index contributed by atoms with van der Waals surface area (Å²) in [6.07, 6.45) is 1.48. The standard InChI is InChI=1S/C18H11ClF2N4O3S2/c19-12-6-17(30(26,27)25-18-8-29-9-22-18)13(21)7-16(12)28-15-2-1-10(20)5-11(15)14-3-4-23-24-14/h1-9,25H,(H,23,24). The number of rotatable bonds is 6. The fraction of sp³-hybridized carbons (Fsp3) is 0. The van der Waals surface area contributed by atoms with E-state index in [9.17, 15) is 17.2 Å². The average Bonchev–Trinajstić information content (AvgIpc) is 3.39. The molecular weight excluding hydrogens is 458 g/mol. The second-order valence-corrected chi connectivity index (χ2v) is 8.68. The Bertz CT molecular complexity index is 1300. The first-order valence-electron chi connectivity index (χ1n) is 8.21. The summed E-state index contributed by atoms with van der Waals surface area (Å²) in [4.78, 5) is 3.14. The summed E-state index contributed by atoms with van der Waals surface area (Å²) in [5.74, 6) is -1.51. The highest BCUT2D eigenvalue weighted by molar-refractivity contribution is 7.92. The van der Waals surface area contributed by atoms with Gasteiger partial charge in [0.05, 0.1) is 16.2 Å². The number of aromatic amines is 1. The smallest absolute Gasteiger partial charge is 0.266 e. The van der Waals surface area contributed by atoms with E-state index in [1.54, 1.807) is 6.07 Å². The van der Waals surface area contributed by atoms with Gasteiger partial charge < -0.3 is 4.74 Å². The van der Waals surface area contributed by atoms with Crippen molar-refractivity contribution in [2.75, 3.05) is 4.72 Å². The highest BCUT2D eigenvalue weighted by Crippen LogP contribution is 2.38. The van der Waals surface area contributed by atoms with E-state index in [1.807, 2.05) is 0 Å². The fourth-order valence-corrected chi connectivity index (χ4v) is 4.49. The van der Waals surface area contributed by atoms with E-state index < -0.39 is 26.6 Å². The lowest BCUT2D eigenvalue weighted by molar-refractivity contribution is 0.473. The quantitative estimate of drug-likeness (QED) is 0.412. The van der Waals surface area contributed by atoms with E-state index in [0.29, 0.717) is 11.3 Å². The Morgan fingerprint density at radius 3 is 2.67 bits per heavy atom. The van der Waals surface area contributed by atoms with Gasteiger partial charge in [-0.3, -0.25) is 9.82 Å². The number of anilines is 1. The number of halogens is 3. The monoisotopic (exact) mass is 468 g/mol. The molecule has 0 bridgehead atoms. The molecule has 7 nitrogen and oxygen atoms in total. The largest absolute Gasteiger partial charge is 0.455 e. The number of nitrogens with zero attached hydrogens (tertiary/aromatic N) is 2. The SMILES string of the molecule is O=S(=O)(Nc1cscn1)c1cc(Cl)c(Oc2ccc(F)cc2-c2ccn[nH]2)cc1F. The first kappa shape index (κ1) is 20.3. The Morgan fingerprint density at radius 1 is 1.13 bits per heavy atom. The first-order valence-corrected chi connectivity index (χ1v) is 11.0. The summed E-state index contributed by atoms with van der Waals surface area (Å²) in [5, 5.41) is 7.80. The number of sulfonamides is 1. The lowest BCUT2D eigenvalue weighted by Crippen LogP contribution is -2.15. The summed E-state index contributed by atoms with van der Waals surface area (Å²) in [7, 11) is -4.26. The molecule has 12 heteroatoms. The number of hydrogen-bond donors (Lipinski definition) is 2. The number of benzene rings is 2. The van der Waals surface area contributed by atoms with Crippen LogP contribution in [0.15, 0.2) is 58.4 Å². The molecule has 0 unspecified atom stereocenters. The molecule has 0 amide bonds. The van der Waals surface area contributed by atoms with E-state index in [4.69, 9.17) is 16.3 Å². The number of aromatic nitrogens is 3. The zero-order valence-electron chi connectivity index (χ0n) is 14.8. The van der Waals surface area contributed by atoms with Crippen LogP contribution >= 0.6 is 22.9 Å². The second kappa shape index (κ2) is 8.01. The molecule has 0 saturated carbocycles. The molecule has 2 heterocycles. The predicted molar refractivity (Wildman–Crippen MR) is 108 cm³/mol. The lowest BCUT2D eigenvalue weighted by Gasteiger charge is -2.13. The van der Waals surface area contributed by atoms with Gasteiger partial charge in [-0.15, -0.1) is 11.3 Å². The highest BCUT2D eigenvalue weighted by atomic mass is 35.5. The lowest BCUT2D eigenvalue weighted by atomic mass is 10.1. The van der Waals surface area contributed by atoms with Crippen LogP contribution in [0.3, 0.4) is 0 Å². The maximum Gasteiger partial charge on any atom is 0.266 e. The molecule has 2 aromatic heterocycles. The summed E-state index contributed by atoms with van der Waals surface area (Å²) >= 11 is 7.33. The second-order valence-electron chi connectivity index (χ2n) is 5.91. The van der Waals surface area contributed by atoms with Crippen LogP contribution in [0.4, 0.5) is 14.6 Å². The highest BCUT2D eigenvalue weighted by Gasteiger charge is 2.23. The molecule has 4 rings (SSSR count). The zero-order valence-corrected chi connectivity index (χ0v) is 17.2. The van der Waals surface area contributed by atoms with E-state index in [-0.39, 0.29) is 22.3 Å². The van der Waals surface area contributed by atoms with Gasteiger partial charge in [-0.2, -0.15) is 5.10 Å². The Balaban J connectivity index is 1.69. The molecule has 30 heavy (non-hydrogen) atoms. The molecule has 0 aliphatic heterocycles. The fourth-order valence-electron chi connectivity index (χ4n) is 2.58. The van der Waals surface area contributed by atoms with Crippen LogP contribution < -0.4 is 9.46 Å². The Hall–Kier alpha value is -3.02. The van der Waals surface area contributed by atoms with Gasteiger partial charge in [0.2, 0.25) is 0 Å². The number of ether oxygens (including phenoxy) is 1. The number of hydrogen-bond acceptors (Lipinski definition) is 6. The van der Waals surface area contributed by atoms with Gasteiger partial charge in [0, 0.05) is 23.2 Å². The van der Waals surface area contributed by atoms with Crippen LogP contribution in [0, 0.1) is 11.6 Å². The van der Waals surface area contributed by atoms with Crippen molar-refractivity contribution in [3.05, 3.63) is 70.1 Å². The minimum atomic E-state index is -4.26. The first-order chi connectivity index (χ1) is 14.3. The van der Waals surface area contributed by atoms with Crippen molar-refractivity contribution in [2.24, 2.45) is 0 Å². The van der Waals surface area contributed by atoms with Crippen LogP contribution in [-0.4, -0.2) is 23.6 Å². The molecule has 2 N–H and O–H groups in total. The predicted octanol–water partition coefficient (Wildman–Crippen LogP) is 5.06. The summed E-state index contributed by atoms with van der Waals surface area (Å²) in [6.45, 7) is 0. The van der Waals surface area contributed by atoms with Crippen LogP contribution in [0.1, 0.15) is 0 Å². The Labute approximate surface area is 178 Å². The molecule has 0 aliphatic rings. The third-order valence-electron chi connectivity index (χ3n) is 3.90. The molecule has 4 aromatic rings. The molecule has 0 radical (unpaired) electrons. The normalized spacial score (nSPS) is 11.4. The van der Waals surface area contributed by atoms with Crippen LogP contribution in [0.2, 0.25) is 5.02 Å². The zero-order chi connectivity index (χ0) is 21.3. The van der Waals surface area contributed by atoms with Gasteiger partial charge in [-0.25, -0.2) is 22.2 Å². The molecule has 0 aliphatic carbocycles. The minimum absolute atomic E-state index is 0.0614.